The van der Waals surface area contributed by atoms with Crippen LogP contribution in [0.3, 0.4) is 0 Å². The number of rotatable bonds is 5. The van der Waals surface area contributed by atoms with Crippen molar-refractivity contribution in [2.45, 2.75) is 19.4 Å². The molecule has 0 unspecified atom stereocenters. The van der Waals surface area contributed by atoms with Gasteiger partial charge in [0.2, 0.25) is 0 Å². The fourth-order valence-electron chi connectivity index (χ4n) is 5.86. The average Bonchev–Trinajstić information content (AvgIpc) is 3.58. The number of nitrogens with zero attached hydrogens (tertiary/aromatic N) is 8. The van der Waals surface area contributed by atoms with Crippen molar-refractivity contribution in [3.8, 4) is 22.6 Å². The number of aromatic nitrogens is 6. The molecule has 2 aliphatic heterocycles. The molecule has 0 aliphatic carbocycles. The number of benzene rings is 2. The molecular weight excluding hydrogens is 523 g/mol. The van der Waals surface area contributed by atoms with Crippen LogP contribution >= 0.6 is 0 Å². The predicted molar refractivity (Wildman–Crippen MR) is 151 cm³/mol. The lowest BCUT2D eigenvalue weighted by Gasteiger charge is -2.40. The van der Waals surface area contributed by atoms with Gasteiger partial charge in [-0.15, -0.1) is 0 Å². The quantitative estimate of drug-likeness (QED) is 0.356. The summed E-state index contributed by atoms with van der Waals surface area (Å²) in [5.41, 5.74) is 5.62. The molecule has 1 N–H and O–H groups in total. The minimum atomic E-state index is -0.406. The molecule has 1 saturated heterocycles. The summed E-state index contributed by atoms with van der Waals surface area (Å²) in [7, 11) is 1.72. The summed E-state index contributed by atoms with van der Waals surface area (Å²) < 4.78 is 17.0. The van der Waals surface area contributed by atoms with Crippen LogP contribution in [-0.4, -0.2) is 71.7 Å². The summed E-state index contributed by atoms with van der Waals surface area (Å²) in [6, 6.07) is 16.5. The van der Waals surface area contributed by atoms with Crippen molar-refractivity contribution in [1.82, 2.24) is 34.5 Å². The zero-order valence-electron chi connectivity index (χ0n) is 22.8. The van der Waals surface area contributed by atoms with Crippen molar-refractivity contribution >= 4 is 17.2 Å². The second-order valence-electron chi connectivity index (χ2n) is 10.8. The van der Waals surface area contributed by atoms with Crippen LogP contribution in [0.1, 0.15) is 34.6 Å². The number of hydrogen-bond donors (Lipinski definition) is 1. The number of fused-ring (bicyclic) bond motifs is 2. The minimum absolute atomic E-state index is 0.0995. The summed E-state index contributed by atoms with van der Waals surface area (Å²) >= 11 is 0. The van der Waals surface area contributed by atoms with Gasteiger partial charge in [0.15, 0.2) is 5.65 Å². The zero-order valence-corrected chi connectivity index (χ0v) is 22.8. The van der Waals surface area contributed by atoms with Crippen molar-refractivity contribution in [3.05, 3.63) is 83.4 Å². The highest BCUT2D eigenvalue weighted by Crippen LogP contribution is 2.33. The Morgan fingerprint density at radius 1 is 1.07 bits per heavy atom. The molecule has 0 radical (unpaired) electrons. The van der Waals surface area contributed by atoms with Crippen molar-refractivity contribution < 1.29 is 14.3 Å². The van der Waals surface area contributed by atoms with Crippen molar-refractivity contribution in [2.75, 3.05) is 31.1 Å². The highest BCUT2D eigenvalue weighted by Gasteiger charge is 2.30. The van der Waals surface area contributed by atoms with Crippen molar-refractivity contribution in [3.63, 3.8) is 0 Å². The molecule has 5 aromatic rings. The molecule has 208 valence electrons. The molecule has 1 atom stereocenters. The number of hydrogen-bond acceptors (Lipinski definition) is 7. The van der Waals surface area contributed by atoms with Gasteiger partial charge in [-0.1, -0.05) is 24.3 Å². The monoisotopic (exact) mass is 552 g/mol. The molecule has 41 heavy (non-hydrogen) atoms. The van der Waals surface area contributed by atoms with Crippen LogP contribution in [0.15, 0.2) is 60.8 Å². The summed E-state index contributed by atoms with van der Waals surface area (Å²) in [6.45, 7) is 4.15. The summed E-state index contributed by atoms with van der Waals surface area (Å²) in [5, 5.41) is 22.6. The smallest absolute Gasteiger partial charge is 0.273 e. The second kappa shape index (κ2) is 9.77. The zero-order chi connectivity index (χ0) is 28.2. The number of carbonyl (C=O) groups excluding carboxylic acids is 1. The normalized spacial score (nSPS) is 17.1. The first-order valence-electron chi connectivity index (χ1n) is 13.7. The van der Waals surface area contributed by atoms with Crippen molar-refractivity contribution in [2.24, 2.45) is 13.0 Å². The number of halogens is 1. The van der Waals surface area contributed by atoms with Gasteiger partial charge in [0, 0.05) is 56.5 Å². The number of amides is 1. The number of aliphatic hydroxyl groups is 1. The number of aryl methyl sites for hydroxylation is 1. The molecule has 1 fully saturated rings. The van der Waals surface area contributed by atoms with E-state index in [1.807, 2.05) is 34.9 Å². The third kappa shape index (κ3) is 4.33. The Bertz CT molecular complexity index is 1790. The maximum atomic E-state index is 15.4. The fraction of sp³-hybridized carbons (Fsp3) is 0.300. The average molecular weight is 553 g/mol. The maximum absolute atomic E-state index is 15.4. The SMILES string of the molecule is C[C@@H]1c2ccccc2CCN1C(=O)c1cc(-c2cnn(C)n2)n2nc(-c3ccc(N4CC(CO)C4)cc3F)cc2n1. The predicted octanol–water partition coefficient (Wildman–Crippen LogP) is 3.52. The van der Waals surface area contributed by atoms with Gasteiger partial charge in [-0.3, -0.25) is 4.79 Å². The topological polar surface area (TPSA) is 105 Å². The van der Waals surface area contributed by atoms with Crippen molar-refractivity contribution in [1.29, 1.82) is 0 Å². The van der Waals surface area contributed by atoms with Gasteiger partial charge in [0.25, 0.3) is 5.91 Å². The third-order valence-electron chi connectivity index (χ3n) is 8.17. The summed E-state index contributed by atoms with van der Waals surface area (Å²) in [5.74, 6) is -0.369. The van der Waals surface area contributed by atoms with Crippen LogP contribution in [0, 0.1) is 11.7 Å². The Kier molecular flexibility index (Phi) is 6.04. The lowest BCUT2D eigenvalue weighted by Crippen LogP contribution is -2.48. The lowest BCUT2D eigenvalue weighted by atomic mass is 9.93. The Morgan fingerprint density at radius 2 is 1.90 bits per heavy atom. The Balaban J connectivity index is 1.28. The van der Waals surface area contributed by atoms with Gasteiger partial charge >= 0.3 is 0 Å². The van der Waals surface area contributed by atoms with Gasteiger partial charge < -0.3 is 14.9 Å². The summed E-state index contributed by atoms with van der Waals surface area (Å²) in [6.07, 6.45) is 2.38. The van der Waals surface area contributed by atoms with E-state index in [4.69, 9.17) is 4.98 Å². The number of aliphatic hydroxyl groups excluding tert-OH is 1. The molecular formula is C30H29FN8O2. The number of anilines is 1. The van der Waals surface area contributed by atoms with Crippen LogP contribution in [0.2, 0.25) is 0 Å². The molecule has 7 rings (SSSR count). The van der Waals surface area contributed by atoms with E-state index in [0.717, 1.165) is 17.7 Å². The first-order chi connectivity index (χ1) is 19.9. The maximum Gasteiger partial charge on any atom is 0.273 e. The molecule has 0 saturated carbocycles. The third-order valence-corrected chi connectivity index (χ3v) is 8.17. The van der Waals surface area contributed by atoms with E-state index < -0.39 is 5.82 Å². The van der Waals surface area contributed by atoms with E-state index in [-0.39, 0.29) is 30.2 Å². The molecule has 11 heteroatoms. The molecule has 5 heterocycles. The fourth-order valence-corrected chi connectivity index (χ4v) is 5.86. The second-order valence-corrected chi connectivity index (χ2v) is 10.8. The van der Waals surface area contributed by atoms with Gasteiger partial charge in [0.05, 0.1) is 23.6 Å². The molecule has 2 aliphatic rings. The minimum Gasteiger partial charge on any atom is -0.396 e. The van der Waals surface area contributed by atoms with Crippen LogP contribution in [0.25, 0.3) is 28.3 Å². The highest BCUT2D eigenvalue weighted by atomic mass is 19.1. The first kappa shape index (κ1) is 25.3. The van der Waals surface area contributed by atoms with Crippen LogP contribution in [-0.2, 0) is 13.5 Å². The number of carbonyl (C=O) groups is 1. The Labute approximate surface area is 235 Å². The summed E-state index contributed by atoms with van der Waals surface area (Å²) in [4.78, 5) is 23.9. The van der Waals surface area contributed by atoms with E-state index in [1.54, 1.807) is 36.0 Å². The standard InChI is InChI=1S/C30H29FN8O2/c1-18-22-6-4-3-5-20(22)9-10-38(18)30(41)26-12-28(27-14-32-36(2)34-27)39-29(33-26)13-25(35-39)23-8-7-21(11-24(23)31)37-15-19(16-37)17-40/h3-8,11-14,18-19,40H,9-10,15-17H2,1-2H3/t18-/m1/s1. The molecule has 0 bridgehead atoms. The van der Waals surface area contributed by atoms with E-state index >= 15 is 4.39 Å². The van der Waals surface area contributed by atoms with Gasteiger partial charge in [-0.05, 0) is 48.7 Å². The highest BCUT2D eigenvalue weighted by molar-refractivity contribution is 5.94. The molecule has 3 aromatic heterocycles. The van der Waals surface area contributed by atoms with E-state index in [2.05, 4.69) is 27.4 Å². The Morgan fingerprint density at radius 3 is 2.66 bits per heavy atom. The molecule has 2 aromatic carbocycles. The van der Waals surface area contributed by atoms with Gasteiger partial charge in [-0.25, -0.2) is 13.9 Å². The largest absolute Gasteiger partial charge is 0.396 e. The lowest BCUT2D eigenvalue weighted by molar-refractivity contribution is 0.0672. The van der Waals surface area contributed by atoms with E-state index in [0.29, 0.717) is 47.9 Å². The van der Waals surface area contributed by atoms with Gasteiger partial charge in [-0.2, -0.15) is 20.1 Å². The first-order valence-corrected chi connectivity index (χ1v) is 13.7. The van der Waals surface area contributed by atoms with Crippen LogP contribution in [0.5, 0.6) is 0 Å². The molecule has 10 nitrogen and oxygen atoms in total. The molecule has 0 spiro atoms. The van der Waals surface area contributed by atoms with E-state index in [9.17, 15) is 9.90 Å². The van der Waals surface area contributed by atoms with E-state index in [1.165, 1.54) is 16.4 Å². The van der Waals surface area contributed by atoms with Gasteiger partial charge in [0.1, 0.15) is 17.2 Å². The van der Waals surface area contributed by atoms with Crippen LogP contribution in [0.4, 0.5) is 10.1 Å². The molecule has 1 amide bonds. The van der Waals surface area contributed by atoms with Crippen LogP contribution < -0.4 is 4.90 Å². The Hall–Kier alpha value is -4.64.